The molecule has 1 fully saturated rings. The Morgan fingerprint density at radius 3 is 2.30 bits per heavy atom. The third-order valence-corrected chi connectivity index (χ3v) is 3.70. The molecule has 4 nitrogen and oxygen atoms in total. The Morgan fingerprint density at radius 1 is 1.15 bits per heavy atom. The van der Waals surface area contributed by atoms with Crippen LogP contribution in [0.15, 0.2) is 24.3 Å². The lowest BCUT2D eigenvalue weighted by molar-refractivity contribution is -0.129. The van der Waals surface area contributed by atoms with Crippen molar-refractivity contribution in [2.24, 2.45) is 0 Å². The molecule has 0 radical (unpaired) electrons. The van der Waals surface area contributed by atoms with Gasteiger partial charge in [0.2, 0.25) is 5.91 Å². The third-order valence-electron chi connectivity index (χ3n) is 3.70. The van der Waals surface area contributed by atoms with Crippen molar-refractivity contribution in [2.45, 2.75) is 32.6 Å². The van der Waals surface area contributed by atoms with Gasteiger partial charge in [0.1, 0.15) is 0 Å². The van der Waals surface area contributed by atoms with Gasteiger partial charge in [0, 0.05) is 18.7 Å². The summed E-state index contributed by atoms with van der Waals surface area (Å²) in [6, 6.07) is 7.54. The van der Waals surface area contributed by atoms with Crippen molar-refractivity contribution in [1.82, 2.24) is 10.2 Å². The second-order valence-corrected chi connectivity index (χ2v) is 5.55. The fourth-order valence-corrected chi connectivity index (χ4v) is 2.36. The quantitative estimate of drug-likeness (QED) is 0.914. The highest BCUT2D eigenvalue weighted by molar-refractivity contribution is 5.96. The molecule has 0 saturated carbocycles. The first-order chi connectivity index (χ1) is 9.58. The first kappa shape index (κ1) is 14.6. The van der Waals surface area contributed by atoms with Gasteiger partial charge in [-0.2, -0.15) is 0 Å². The van der Waals surface area contributed by atoms with E-state index >= 15 is 0 Å². The van der Waals surface area contributed by atoms with Crippen LogP contribution in [0.25, 0.3) is 0 Å². The summed E-state index contributed by atoms with van der Waals surface area (Å²) >= 11 is 0. The van der Waals surface area contributed by atoms with Gasteiger partial charge in [-0.3, -0.25) is 9.59 Å². The summed E-state index contributed by atoms with van der Waals surface area (Å²) in [6.45, 7) is 5.95. The first-order valence-electron chi connectivity index (χ1n) is 7.24. The SMILES string of the molecule is CC(C)c1ccc(C(=O)NCC(=O)N2CCCC2)cc1. The van der Waals surface area contributed by atoms with Gasteiger partial charge in [0.25, 0.3) is 5.91 Å². The number of hydrogen-bond donors (Lipinski definition) is 1. The summed E-state index contributed by atoms with van der Waals surface area (Å²) in [4.78, 5) is 25.6. The fourth-order valence-electron chi connectivity index (χ4n) is 2.36. The summed E-state index contributed by atoms with van der Waals surface area (Å²) in [5, 5.41) is 2.69. The average molecular weight is 274 g/mol. The molecular formula is C16H22N2O2. The van der Waals surface area contributed by atoms with Crippen LogP contribution in [-0.4, -0.2) is 36.3 Å². The van der Waals surface area contributed by atoms with Crippen LogP contribution in [0.3, 0.4) is 0 Å². The number of amides is 2. The fraction of sp³-hybridized carbons (Fsp3) is 0.500. The van der Waals surface area contributed by atoms with Gasteiger partial charge in [0.15, 0.2) is 0 Å². The second kappa shape index (κ2) is 6.55. The Kier molecular flexibility index (Phi) is 4.77. The van der Waals surface area contributed by atoms with Crippen LogP contribution in [0.1, 0.15) is 48.5 Å². The van der Waals surface area contributed by atoms with Gasteiger partial charge in [0.05, 0.1) is 6.54 Å². The number of nitrogens with zero attached hydrogens (tertiary/aromatic N) is 1. The highest BCUT2D eigenvalue weighted by atomic mass is 16.2. The molecule has 0 aliphatic carbocycles. The zero-order valence-electron chi connectivity index (χ0n) is 12.2. The molecule has 2 rings (SSSR count). The van der Waals surface area contributed by atoms with Gasteiger partial charge < -0.3 is 10.2 Å². The minimum absolute atomic E-state index is 0.00894. The molecule has 0 spiro atoms. The van der Waals surface area contributed by atoms with Gasteiger partial charge in [-0.25, -0.2) is 0 Å². The van der Waals surface area contributed by atoms with E-state index in [2.05, 4.69) is 19.2 Å². The molecule has 0 bridgehead atoms. The monoisotopic (exact) mass is 274 g/mol. The Hall–Kier alpha value is -1.84. The summed E-state index contributed by atoms with van der Waals surface area (Å²) in [6.07, 6.45) is 2.13. The van der Waals surface area contributed by atoms with Crippen LogP contribution in [0.2, 0.25) is 0 Å². The van der Waals surface area contributed by atoms with Crippen LogP contribution in [-0.2, 0) is 4.79 Å². The average Bonchev–Trinajstić information content (AvgIpc) is 2.98. The van der Waals surface area contributed by atoms with Crippen LogP contribution in [0.5, 0.6) is 0 Å². The van der Waals surface area contributed by atoms with Gasteiger partial charge >= 0.3 is 0 Å². The predicted octanol–water partition coefficient (Wildman–Crippen LogP) is 2.16. The lowest BCUT2D eigenvalue weighted by Crippen LogP contribution is -2.38. The largest absolute Gasteiger partial charge is 0.343 e. The molecule has 1 aromatic carbocycles. The molecule has 0 aromatic heterocycles. The van der Waals surface area contributed by atoms with E-state index in [1.54, 1.807) is 0 Å². The van der Waals surface area contributed by atoms with E-state index in [-0.39, 0.29) is 18.4 Å². The normalized spacial score (nSPS) is 14.7. The number of rotatable bonds is 4. The van der Waals surface area contributed by atoms with Crippen molar-refractivity contribution in [3.8, 4) is 0 Å². The zero-order valence-corrected chi connectivity index (χ0v) is 12.2. The van der Waals surface area contributed by atoms with Crippen LogP contribution >= 0.6 is 0 Å². The maximum Gasteiger partial charge on any atom is 0.251 e. The third kappa shape index (κ3) is 3.59. The van der Waals surface area contributed by atoms with Crippen molar-refractivity contribution in [3.05, 3.63) is 35.4 Å². The van der Waals surface area contributed by atoms with E-state index < -0.39 is 0 Å². The Balaban J connectivity index is 1.86. The standard InChI is InChI=1S/C16H22N2O2/c1-12(2)13-5-7-14(8-6-13)16(20)17-11-15(19)18-9-3-4-10-18/h5-8,12H,3-4,9-11H2,1-2H3,(H,17,20). The van der Waals surface area contributed by atoms with E-state index in [4.69, 9.17) is 0 Å². The highest BCUT2D eigenvalue weighted by Gasteiger charge is 2.18. The number of carbonyl (C=O) groups is 2. The molecule has 20 heavy (non-hydrogen) atoms. The maximum absolute atomic E-state index is 12.0. The lowest BCUT2D eigenvalue weighted by atomic mass is 10.0. The summed E-state index contributed by atoms with van der Waals surface area (Å²) in [5.74, 6) is 0.270. The first-order valence-corrected chi connectivity index (χ1v) is 7.24. The topological polar surface area (TPSA) is 49.4 Å². The van der Waals surface area contributed by atoms with Crippen molar-refractivity contribution >= 4 is 11.8 Å². The second-order valence-electron chi connectivity index (χ2n) is 5.55. The van der Waals surface area contributed by atoms with E-state index in [1.165, 1.54) is 5.56 Å². The Labute approximate surface area is 120 Å². The van der Waals surface area contributed by atoms with E-state index in [0.29, 0.717) is 11.5 Å². The molecule has 2 amide bonds. The molecule has 1 aliphatic rings. The molecule has 108 valence electrons. The molecule has 0 atom stereocenters. The van der Waals surface area contributed by atoms with E-state index in [1.807, 2.05) is 29.2 Å². The minimum Gasteiger partial charge on any atom is -0.343 e. The van der Waals surface area contributed by atoms with Crippen LogP contribution in [0, 0.1) is 0 Å². The Bertz CT molecular complexity index is 474. The number of benzene rings is 1. The molecule has 1 aromatic rings. The maximum atomic E-state index is 12.0. The molecule has 4 heteroatoms. The van der Waals surface area contributed by atoms with Crippen molar-refractivity contribution in [1.29, 1.82) is 0 Å². The van der Waals surface area contributed by atoms with Crippen LogP contribution < -0.4 is 5.32 Å². The summed E-state index contributed by atoms with van der Waals surface area (Å²) in [7, 11) is 0. The van der Waals surface area contributed by atoms with Crippen LogP contribution in [0.4, 0.5) is 0 Å². The highest BCUT2D eigenvalue weighted by Crippen LogP contribution is 2.14. The lowest BCUT2D eigenvalue weighted by Gasteiger charge is -2.15. The van der Waals surface area contributed by atoms with Crippen molar-refractivity contribution in [2.75, 3.05) is 19.6 Å². The van der Waals surface area contributed by atoms with Crippen molar-refractivity contribution in [3.63, 3.8) is 0 Å². The smallest absolute Gasteiger partial charge is 0.251 e. The minimum atomic E-state index is -0.187. The van der Waals surface area contributed by atoms with Gasteiger partial charge in [-0.05, 0) is 36.5 Å². The molecule has 1 N–H and O–H groups in total. The van der Waals surface area contributed by atoms with E-state index in [0.717, 1.165) is 25.9 Å². The molecule has 1 aliphatic heterocycles. The van der Waals surface area contributed by atoms with Gasteiger partial charge in [-0.1, -0.05) is 26.0 Å². The zero-order chi connectivity index (χ0) is 14.5. The molecule has 0 unspecified atom stereocenters. The summed E-state index contributed by atoms with van der Waals surface area (Å²) in [5.41, 5.74) is 1.80. The molecule has 1 saturated heterocycles. The van der Waals surface area contributed by atoms with E-state index in [9.17, 15) is 9.59 Å². The number of hydrogen-bond acceptors (Lipinski definition) is 2. The number of likely N-dealkylation sites (tertiary alicyclic amines) is 1. The van der Waals surface area contributed by atoms with Crippen molar-refractivity contribution < 1.29 is 9.59 Å². The Morgan fingerprint density at radius 2 is 1.75 bits per heavy atom. The summed E-state index contributed by atoms with van der Waals surface area (Å²) < 4.78 is 0. The number of nitrogens with one attached hydrogen (secondary N) is 1. The predicted molar refractivity (Wildman–Crippen MR) is 78.7 cm³/mol. The molecule has 1 heterocycles. The number of carbonyl (C=O) groups excluding carboxylic acids is 2. The molecular weight excluding hydrogens is 252 g/mol. The van der Waals surface area contributed by atoms with Gasteiger partial charge in [-0.15, -0.1) is 0 Å².